The van der Waals surface area contributed by atoms with Crippen LogP contribution in [-0.2, 0) is 9.47 Å². The van der Waals surface area contributed by atoms with Gasteiger partial charge in [0.15, 0.2) is 0 Å². The lowest BCUT2D eigenvalue weighted by Crippen LogP contribution is -2.47. The van der Waals surface area contributed by atoms with Crippen LogP contribution in [0, 0.1) is 5.92 Å². The Balaban J connectivity index is 2.02. The maximum absolute atomic E-state index is 9.31. The second-order valence-electron chi connectivity index (χ2n) is 4.99. The third-order valence-electron chi connectivity index (χ3n) is 3.63. The van der Waals surface area contributed by atoms with Crippen molar-refractivity contribution >= 4 is 0 Å². The second-order valence-corrected chi connectivity index (χ2v) is 4.99. The summed E-state index contributed by atoms with van der Waals surface area (Å²) in [4.78, 5) is 0. The molecule has 0 radical (unpaired) electrons. The van der Waals surface area contributed by atoms with E-state index in [1.165, 1.54) is 0 Å². The minimum Gasteiger partial charge on any atom is -0.394 e. The summed E-state index contributed by atoms with van der Waals surface area (Å²) in [6.07, 6.45) is 5.18. The molecule has 1 fully saturated rings. The summed E-state index contributed by atoms with van der Waals surface area (Å²) < 4.78 is 10.8. The Bertz CT molecular complexity index is 201. The molecule has 2 unspecified atom stereocenters. The molecule has 4 nitrogen and oxygen atoms in total. The van der Waals surface area contributed by atoms with Gasteiger partial charge in [0, 0.05) is 18.8 Å². The number of hydrogen-bond acceptors (Lipinski definition) is 4. The van der Waals surface area contributed by atoms with E-state index in [-0.39, 0.29) is 12.1 Å². The fourth-order valence-corrected chi connectivity index (χ4v) is 2.50. The third kappa shape index (κ3) is 4.92. The van der Waals surface area contributed by atoms with E-state index in [1.54, 1.807) is 0 Å². The van der Waals surface area contributed by atoms with Crippen molar-refractivity contribution in [1.82, 2.24) is 0 Å². The first-order valence-corrected chi connectivity index (χ1v) is 6.78. The lowest BCUT2D eigenvalue weighted by Gasteiger charge is -2.29. The molecule has 1 aliphatic carbocycles. The van der Waals surface area contributed by atoms with Gasteiger partial charge in [0.1, 0.15) is 0 Å². The van der Waals surface area contributed by atoms with Crippen molar-refractivity contribution in [2.45, 2.75) is 44.6 Å². The molecule has 0 aromatic carbocycles. The number of hydrogen-bond donors (Lipinski definition) is 2. The minimum atomic E-state index is -0.359. The summed E-state index contributed by atoms with van der Waals surface area (Å²) in [6.45, 7) is 5.05. The van der Waals surface area contributed by atoms with Crippen LogP contribution in [-0.4, -0.2) is 43.7 Å². The number of rotatable bonds is 9. The lowest BCUT2D eigenvalue weighted by molar-refractivity contribution is 0.0376. The zero-order valence-corrected chi connectivity index (χ0v) is 11.0. The average molecular weight is 245 g/mol. The van der Waals surface area contributed by atoms with Crippen LogP contribution in [0.2, 0.25) is 0 Å². The summed E-state index contributed by atoms with van der Waals surface area (Å²) in [5, 5.41) is 9.31. The third-order valence-corrected chi connectivity index (χ3v) is 3.63. The van der Waals surface area contributed by atoms with Gasteiger partial charge in [-0.25, -0.2) is 0 Å². The zero-order chi connectivity index (χ0) is 12.6. The monoisotopic (exact) mass is 245 g/mol. The van der Waals surface area contributed by atoms with Crippen LogP contribution in [0.5, 0.6) is 0 Å². The summed E-state index contributed by atoms with van der Waals surface area (Å²) in [5.41, 5.74) is 5.79. The maximum atomic E-state index is 9.31. The van der Waals surface area contributed by atoms with Gasteiger partial charge in [0.25, 0.3) is 0 Å². The fraction of sp³-hybridized carbons (Fsp3) is 1.00. The molecule has 17 heavy (non-hydrogen) atoms. The van der Waals surface area contributed by atoms with Crippen molar-refractivity contribution < 1.29 is 14.6 Å². The molecule has 0 spiro atoms. The Morgan fingerprint density at radius 2 is 1.94 bits per heavy atom. The number of nitrogens with two attached hydrogens (primary N) is 1. The Morgan fingerprint density at radius 3 is 2.59 bits per heavy atom. The fourth-order valence-electron chi connectivity index (χ4n) is 2.50. The molecule has 1 rings (SSSR count). The summed E-state index contributed by atoms with van der Waals surface area (Å²) in [6, 6.07) is 0. The standard InChI is InChI=1S/C13H27NO3/c1-2-7-16-9-10-17-8-5-12-4-3-6-13(12,14)11-15/h12,15H,2-11,14H2,1H3. The van der Waals surface area contributed by atoms with E-state index >= 15 is 0 Å². The van der Waals surface area contributed by atoms with Crippen molar-refractivity contribution in [3.8, 4) is 0 Å². The molecule has 0 saturated heterocycles. The number of aliphatic hydroxyl groups is 1. The van der Waals surface area contributed by atoms with Crippen LogP contribution in [0.3, 0.4) is 0 Å². The summed E-state index contributed by atoms with van der Waals surface area (Å²) >= 11 is 0. The molecular formula is C13H27NO3. The number of aliphatic hydroxyl groups excluding tert-OH is 1. The van der Waals surface area contributed by atoms with E-state index in [2.05, 4.69) is 6.92 Å². The molecule has 102 valence electrons. The van der Waals surface area contributed by atoms with Gasteiger partial charge >= 0.3 is 0 Å². The quantitative estimate of drug-likeness (QED) is 0.601. The second kappa shape index (κ2) is 8.03. The number of ether oxygens (including phenoxy) is 2. The van der Waals surface area contributed by atoms with Gasteiger partial charge in [0.2, 0.25) is 0 Å². The van der Waals surface area contributed by atoms with Gasteiger partial charge in [0.05, 0.1) is 19.8 Å². The first-order valence-electron chi connectivity index (χ1n) is 6.78. The van der Waals surface area contributed by atoms with E-state index in [0.717, 1.165) is 45.3 Å². The normalized spacial score (nSPS) is 28.8. The molecule has 0 heterocycles. The highest BCUT2D eigenvalue weighted by atomic mass is 16.5. The summed E-state index contributed by atoms with van der Waals surface area (Å²) in [5.74, 6) is 0.407. The SMILES string of the molecule is CCCOCCOCCC1CCCC1(N)CO. The van der Waals surface area contributed by atoms with Crippen LogP contribution in [0.1, 0.15) is 39.0 Å². The molecule has 0 aliphatic heterocycles. The van der Waals surface area contributed by atoms with E-state index < -0.39 is 0 Å². The Morgan fingerprint density at radius 1 is 1.24 bits per heavy atom. The Hall–Kier alpha value is -0.160. The molecule has 1 saturated carbocycles. The predicted molar refractivity (Wildman–Crippen MR) is 67.9 cm³/mol. The molecule has 1 aliphatic rings. The van der Waals surface area contributed by atoms with Crippen molar-refractivity contribution in [2.75, 3.05) is 33.0 Å². The van der Waals surface area contributed by atoms with Crippen molar-refractivity contribution in [1.29, 1.82) is 0 Å². The van der Waals surface area contributed by atoms with E-state index in [0.29, 0.717) is 19.1 Å². The van der Waals surface area contributed by atoms with Gasteiger partial charge in [-0.05, 0) is 31.6 Å². The molecular weight excluding hydrogens is 218 g/mol. The van der Waals surface area contributed by atoms with Crippen molar-refractivity contribution in [3.05, 3.63) is 0 Å². The molecule has 2 atom stereocenters. The van der Waals surface area contributed by atoms with E-state index in [4.69, 9.17) is 15.2 Å². The molecule has 0 aromatic rings. The smallest absolute Gasteiger partial charge is 0.0700 e. The van der Waals surface area contributed by atoms with E-state index in [1.807, 2.05) is 0 Å². The highest BCUT2D eigenvalue weighted by molar-refractivity contribution is 4.95. The highest BCUT2D eigenvalue weighted by Crippen LogP contribution is 2.35. The topological polar surface area (TPSA) is 64.7 Å². The first-order chi connectivity index (χ1) is 8.23. The van der Waals surface area contributed by atoms with Gasteiger partial charge < -0.3 is 20.3 Å². The minimum absolute atomic E-state index is 0.0945. The Labute approximate surface area is 104 Å². The molecule has 0 bridgehead atoms. The van der Waals surface area contributed by atoms with Crippen LogP contribution in [0.15, 0.2) is 0 Å². The Kier molecular flexibility index (Phi) is 7.04. The van der Waals surface area contributed by atoms with Crippen molar-refractivity contribution in [2.24, 2.45) is 11.7 Å². The van der Waals surface area contributed by atoms with Crippen LogP contribution >= 0.6 is 0 Å². The lowest BCUT2D eigenvalue weighted by atomic mass is 9.87. The molecule has 0 amide bonds. The molecule has 0 aromatic heterocycles. The predicted octanol–water partition coefficient (Wildman–Crippen LogP) is 1.31. The first kappa shape index (κ1) is 14.9. The van der Waals surface area contributed by atoms with Gasteiger partial charge in [-0.2, -0.15) is 0 Å². The van der Waals surface area contributed by atoms with Gasteiger partial charge in [-0.3, -0.25) is 0 Å². The largest absolute Gasteiger partial charge is 0.394 e. The molecule has 4 heteroatoms. The van der Waals surface area contributed by atoms with E-state index in [9.17, 15) is 5.11 Å². The summed E-state index contributed by atoms with van der Waals surface area (Å²) in [7, 11) is 0. The van der Waals surface area contributed by atoms with Crippen LogP contribution in [0.25, 0.3) is 0 Å². The van der Waals surface area contributed by atoms with Crippen LogP contribution in [0.4, 0.5) is 0 Å². The van der Waals surface area contributed by atoms with Crippen molar-refractivity contribution in [3.63, 3.8) is 0 Å². The van der Waals surface area contributed by atoms with Gasteiger partial charge in [-0.15, -0.1) is 0 Å². The molecule has 3 N–H and O–H groups in total. The zero-order valence-electron chi connectivity index (χ0n) is 11.0. The maximum Gasteiger partial charge on any atom is 0.0700 e. The highest BCUT2D eigenvalue weighted by Gasteiger charge is 2.38. The van der Waals surface area contributed by atoms with Gasteiger partial charge in [-0.1, -0.05) is 13.3 Å². The van der Waals surface area contributed by atoms with Crippen LogP contribution < -0.4 is 5.73 Å². The average Bonchev–Trinajstić information content (AvgIpc) is 2.71.